The van der Waals surface area contributed by atoms with Gasteiger partial charge in [-0.05, 0) is 36.2 Å². The third-order valence-corrected chi connectivity index (χ3v) is 2.56. The Kier molecular flexibility index (Phi) is 3.10. The van der Waals surface area contributed by atoms with Crippen molar-refractivity contribution in [2.75, 3.05) is 13.2 Å². The third kappa shape index (κ3) is 2.92. The van der Waals surface area contributed by atoms with Crippen molar-refractivity contribution in [2.45, 2.75) is 25.8 Å². The van der Waals surface area contributed by atoms with E-state index in [0.717, 1.165) is 26.4 Å². The summed E-state index contributed by atoms with van der Waals surface area (Å²) in [5.41, 5.74) is 2.41. The van der Waals surface area contributed by atoms with Gasteiger partial charge in [-0.2, -0.15) is 0 Å². The Morgan fingerprint density at radius 1 is 1.38 bits per heavy atom. The van der Waals surface area contributed by atoms with E-state index >= 15 is 0 Å². The fourth-order valence-electron chi connectivity index (χ4n) is 1.75. The van der Waals surface area contributed by atoms with Crippen molar-refractivity contribution >= 4 is 0 Å². The van der Waals surface area contributed by atoms with Crippen LogP contribution < -0.4 is 10.1 Å². The second kappa shape index (κ2) is 4.37. The van der Waals surface area contributed by atoms with E-state index in [4.69, 9.17) is 4.74 Å². The molecule has 0 saturated heterocycles. The lowest BCUT2D eigenvalue weighted by atomic mass is 10.0. The summed E-state index contributed by atoms with van der Waals surface area (Å²) in [5.74, 6) is -2.25. The average Bonchev–Trinajstić information content (AvgIpc) is 2.25. The van der Waals surface area contributed by atoms with Gasteiger partial charge in [0.05, 0.1) is 0 Å². The third-order valence-electron chi connectivity index (χ3n) is 2.56. The molecule has 4 heteroatoms. The van der Waals surface area contributed by atoms with Crippen molar-refractivity contribution in [1.29, 1.82) is 0 Å². The summed E-state index contributed by atoms with van der Waals surface area (Å²) < 4.78 is 30.3. The topological polar surface area (TPSA) is 21.3 Å². The molecule has 0 radical (unpaired) electrons. The number of nitrogens with one attached hydrogen (secondary N) is 1. The first kappa shape index (κ1) is 11.3. The number of rotatable bonds is 3. The van der Waals surface area contributed by atoms with Crippen LogP contribution in [0.2, 0.25) is 0 Å². The molecular formula is C12H15F2NO. The Balaban J connectivity index is 2.06. The Labute approximate surface area is 93.6 Å². The highest BCUT2D eigenvalue weighted by molar-refractivity contribution is 5.37. The van der Waals surface area contributed by atoms with Crippen LogP contribution in [0.1, 0.15) is 18.1 Å². The number of ether oxygens (including phenoxy) is 1. The molecule has 88 valence electrons. The Hall–Kier alpha value is -1.16. The molecule has 1 aliphatic rings. The van der Waals surface area contributed by atoms with Gasteiger partial charge in [-0.15, -0.1) is 0 Å². The van der Waals surface area contributed by atoms with Crippen molar-refractivity contribution in [3.8, 4) is 5.75 Å². The van der Waals surface area contributed by atoms with Crippen molar-refractivity contribution in [2.24, 2.45) is 0 Å². The SMILES string of the molecule is CC(F)(F)COc1ccc2c(c1)CCNC2. The van der Waals surface area contributed by atoms with Crippen LogP contribution in [0.15, 0.2) is 18.2 Å². The van der Waals surface area contributed by atoms with Crippen LogP contribution in [-0.2, 0) is 13.0 Å². The molecule has 1 aromatic carbocycles. The number of hydrogen-bond acceptors (Lipinski definition) is 2. The lowest BCUT2D eigenvalue weighted by molar-refractivity contribution is -0.0229. The normalized spacial score (nSPS) is 15.7. The lowest BCUT2D eigenvalue weighted by Gasteiger charge is -2.18. The molecule has 0 spiro atoms. The Morgan fingerprint density at radius 3 is 2.94 bits per heavy atom. The zero-order chi connectivity index (χ0) is 11.6. The maximum absolute atomic E-state index is 12.6. The highest BCUT2D eigenvalue weighted by Gasteiger charge is 2.22. The molecule has 0 fully saturated rings. The summed E-state index contributed by atoms with van der Waals surface area (Å²) in [6.45, 7) is 2.07. The van der Waals surface area contributed by atoms with E-state index in [-0.39, 0.29) is 0 Å². The highest BCUT2D eigenvalue weighted by atomic mass is 19.3. The predicted octanol–water partition coefficient (Wildman–Crippen LogP) is 2.37. The van der Waals surface area contributed by atoms with Gasteiger partial charge in [0.15, 0.2) is 6.61 Å². The number of alkyl halides is 2. The molecule has 0 bridgehead atoms. The van der Waals surface area contributed by atoms with E-state index in [1.165, 1.54) is 11.1 Å². The van der Waals surface area contributed by atoms with Crippen LogP contribution in [0.5, 0.6) is 5.75 Å². The van der Waals surface area contributed by atoms with E-state index in [9.17, 15) is 8.78 Å². The molecule has 0 amide bonds. The van der Waals surface area contributed by atoms with Crippen LogP contribution >= 0.6 is 0 Å². The van der Waals surface area contributed by atoms with Gasteiger partial charge >= 0.3 is 0 Å². The maximum atomic E-state index is 12.6. The second-order valence-electron chi connectivity index (χ2n) is 4.22. The minimum absolute atomic E-state index is 0.530. The molecule has 1 heterocycles. The number of fused-ring (bicyclic) bond motifs is 1. The van der Waals surface area contributed by atoms with Crippen LogP contribution in [0.4, 0.5) is 8.78 Å². The number of benzene rings is 1. The molecule has 1 N–H and O–H groups in total. The maximum Gasteiger partial charge on any atom is 0.278 e. The van der Waals surface area contributed by atoms with Gasteiger partial charge in [-0.1, -0.05) is 6.07 Å². The first-order chi connectivity index (χ1) is 7.54. The van der Waals surface area contributed by atoms with Crippen molar-refractivity contribution in [1.82, 2.24) is 5.32 Å². The molecule has 0 aliphatic carbocycles. The summed E-state index contributed by atoms with van der Waals surface area (Å²) in [7, 11) is 0. The quantitative estimate of drug-likeness (QED) is 0.856. The van der Waals surface area contributed by atoms with Crippen LogP contribution in [0, 0.1) is 0 Å². The lowest BCUT2D eigenvalue weighted by Crippen LogP contribution is -2.24. The molecule has 0 atom stereocenters. The van der Waals surface area contributed by atoms with E-state index in [2.05, 4.69) is 5.32 Å². The first-order valence-electron chi connectivity index (χ1n) is 5.38. The van der Waals surface area contributed by atoms with Crippen LogP contribution in [0.3, 0.4) is 0 Å². The molecule has 1 aliphatic heterocycles. The van der Waals surface area contributed by atoms with Crippen molar-refractivity contribution < 1.29 is 13.5 Å². The molecular weight excluding hydrogens is 212 g/mol. The van der Waals surface area contributed by atoms with Gasteiger partial charge in [0.1, 0.15) is 5.75 Å². The van der Waals surface area contributed by atoms with E-state index in [1.54, 1.807) is 6.07 Å². The minimum Gasteiger partial charge on any atom is -0.487 e. The molecule has 2 nitrogen and oxygen atoms in total. The summed E-state index contributed by atoms with van der Waals surface area (Å²) in [6, 6.07) is 5.55. The zero-order valence-electron chi connectivity index (χ0n) is 9.22. The van der Waals surface area contributed by atoms with Crippen LogP contribution in [0.25, 0.3) is 0 Å². The fourth-order valence-corrected chi connectivity index (χ4v) is 1.75. The molecule has 16 heavy (non-hydrogen) atoms. The summed E-state index contributed by atoms with van der Waals surface area (Å²) in [5, 5.41) is 3.26. The Bertz CT molecular complexity index is 374. The minimum atomic E-state index is -2.78. The van der Waals surface area contributed by atoms with Gasteiger partial charge in [-0.25, -0.2) is 8.78 Å². The molecule has 0 unspecified atom stereocenters. The zero-order valence-corrected chi connectivity index (χ0v) is 9.22. The fraction of sp³-hybridized carbons (Fsp3) is 0.500. The molecule has 0 saturated carbocycles. The largest absolute Gasteiger partial charge is 0.487 e. The van der Waals surface area contributed by atoms with Gasteiger partial charge < -0.3 is 10.1 Å². The number of hydrogen-bond donors (Lipinski definition) is 1. The smallest absolute Gasteiger partial charge is 0.278 e. The van der Waals surface area contributed by atoms with Gasteiger partial charge in [0, 0.05) is 13.5 Å². The highest BCUT2D eigenvalue weighted by Crippen LogP contribution is 2.22. The number of halogens is 2. The van der Waals surface area contributed by atoms with Gasteiger partial charge in [0.25, 0.3) is 5.92 Å². The van der Waals surface area contributed by atoms with E-state index < -0.39 is 12.5 Å². The molecule has 0 aromatic heterocycles. The molecule has 2 rings (SSSR count). The summed E-state index contributed by atoms with van der Waals surface area (Å²) in [6.07, 6.45) is 0.926. The van der Waals surface area contributed by atoms with E-state index in [1.807, 2.05) is 12.1 Å². The summed E-state index contributed by atoms with van der Waals surface area (Å²) in [4.78, 5) is 0. The van der Waals surface area contributed by atoms with E-state index in [0.29, 0.717) is 5.75 Å². The van der Waals surface area contributed by atoms with Gasteiger partial charge in [0.2, 0.25) is 0 Å². The predicted molar refractivity (Wildman–Crippen MR) is 58.0 cm³/mol. The second-order valence-corrected chi connectivity index (χ2v) is 4.22. The van der Waals surface area contributed by atoms with Gasteiger partial charge in [-0.3, -0.25) is 0 Å². The Morgan fingerprint density at radius 2 is 2.19 bits per heavy atom. The van der Waals surface area contributed by atoms with Crippen LogP contribution in [-0.4, -0.2) is 19.1 Å². The summed E-state index contributed by atoms with van der Waals surface area (Å²) >= 11 is 0. The monoisotopic (exact) mass is 227 g/mol. The first-order valence-corrected chi connectivity index (χ1v) is 5.38. The van der Waals surface area contributed by atoms with Crippen molar-refractivity contribution in [3.63, 3.8) is 0 Å². The molecule has 1 aromatic rings. The van der Waals surface area contributed by atoms with Crippen molar-refractivity contribution in [3.05, 3.63) is 29.3 Å². The average molecular weight is 227 g/mol. The standard InChI is InChI=1S/C12H15F2NO/c1-12(13,14)8-16-11-3-2-10-7-15-5-4-9(10)6-11/h2-3,6,15H,4-5,7-8H2,1H3.